The second-order valence-corrected chi connectivity index (χ2v) is 2.99. The molecule has 2 rings (SSSR count). The van der Waals surface area contributed by atoms with Crippen molar-refractivity contribution in [3.05, 3.63) is 30.7 Å². The normalized spacial score (nSPS) is 10.0. The number of hydrogen-bond donors (Lipinski definition) is 2. The largest absolute Gasteiger partial charge is 0.480 e. The number of rotatable bonds is 4. The second-order valence-electron chi connectivity index (χ2n) is 2.99. The van der Waals surface area contributed by atoms with Gasteiger partial charge in [0.05, 0.1) is 6.26 Å². The molecule has 2 heterocycles. The molecule has 0 amide bonds. The van der Waals surface area contributed by atoms with Crippen molar-refractivity contribution in [1.82, 2.24) is 9.97 Å². The summed E-state index contributed by atoms with van der Waals surface area (Å²) in [4.78, 5) is 18.5. The molecule has 0 aliphatic carbocycles. The molecule has 0 aromatic carbocycles. The number of nitrogens with one attached hydrogen (secondary N) is 1. The first-order valence-corrected chi connectivity index (χ1v) is 4.58. The van der Waals surface area contributed by atoms with Crippen LogP contribution >= 0.6 is 0 Å². The maximum absolute atomic E-state index is 10.4. The lowest BCUT2D eigenvalue weighted by atomic mass is 10.4. The number of anilines is 1. The molecular formula is C10H9N3O3. The Morgan fingerprint density at radius 2 is 2.38 bits per heavy atom. The van der Waals surface area contributed by atoms with Gasteiger partial charge in [0.2, 0.25) is 0 Å². The number of aromatic nitrogens is 2. The van der Waals surface area contributed by atoms with E-state index in [9.17, 15) is 4.79 Å². The Morgan fingerprint density at radius 1 is 1.50 bits per heavy atom. The summed E-state index contributed by atoms with van der Waals surface area (Å²) in [7, 11) is 0. The summed E-state index contributed by atoms with van der Waals surface area (Å²) in [6.45, 7) is -0.186. The van der Waals surface area contributed by atoms with Gasteiger partial charge in [-0.05, 0) is 18.2 Å². The number of furan rings is 1. The van der Waals surface area contributed by atoms with E-state index < -0.39 is 5.97 Å². The van der Waals surface area contributed by atoms with Crippen LogP contribution in [-0.4, -0.2) is 27.6 Å². The summed E-state index contributed by atoms with van der Waals surface area (Å²) in [6.07, 6.45) is 3.06. The summed E-state index contributed by atoms with van der Waals surface area (Å²) in [5, 5.41) is 11.2. The van der Waals surface area contributed by atoms with Crippen LogP contribution in [0.1, 0.15) is 0 Å². The quantitative estimate of drug-likeness (QED) is 0.804. The molecule has 0 aliphatic rings. The molecule has 6 heteroatoms. The highest BCUT2D eigenvalue weighted by Gasteiger charge is 2.05. The summed E-state index contributed by atoms with van der Waals surface area (Å²) >= 11 is 0. The first-order chi connectivity index (χ1) is 7.75. The Balaban J connectivity index is 2.17. The molecule has 82 valence electrons. The molecule has 0 atom stereocenters. The minimum absolute atomic E-state index is 0.186. The SMILES string of the molecule is O=C(O)CNc1ccnc(-c2ccco2)n1. The zero-order chi connectivity index (χ0) is 11.4. The number of aliphatic carboxylic acids is 1. The van der Waals surface area contributed by atoms with Crippen molar-refractivity contribution in [3.8, 4) is 11.6 Å². The third-order valence-electron chi connectivity index (χ3n) is 1.82. The zero-order valence-corrected chi connectivity index (χ0v) is 8.25. The lowest BCUT2D eigenvalue weighted by Gasteiger charge is -2.02. The summed E-state index contributed by atoms with van der Waals surface area (Å²) in [5.41, 5.74) is 0. The topological polar surface area (TPSA) is 88.2 Å². The van der Waals surface area contributed by atoms with E-state index in [1.165, 1.54) is 12.5 Å². The molecule has 2 aromatic heterocycles. The maximum Gasteiger partial charge on any atom is 0.322 e. The molecule has 0 aliphatic heterocycles. The highest BCUT2D eigenvalue weighted by molar-refractivity contribution is 5.72. The fourth-order valence-corrected chi connectivity index (χ4v) is 1.15. The van der Waals surface area contributed by atoms with Gasteiger partial charge >= 0.3 is 5.97 Å². The lowest BCUT2D eigenvalue weighted by Crippen LogP contribution is -2.13. The Bertz CT molecular complexity index is 482. The molecule has 0 fully saturated rings. The van der Waals surface area contributed by atoms with E-state index >= 15 is 0 Å². The number of carbonyl (C=O) groups is 1. The molecule has 0 radical (unpaired) electrons. The Morgan fingerprint density at radius 3 is 3.06 bits per heavy atom. The van der Waals surface area contributed by atoms with Crippen molar-refractivity contribution in [3.63, 3.8) is 0 Å². The van der Waals surface area contributed by atoms with Gasteiger partial charge in [-0.2, -0.15) is 0 Å². The smallest absolute Gasteiger partial charge is 0.322 e. The van der Waals surface area contributed by atoms with E-state index in [1.54, 1.807) is 18.2 Å². The van der Waals surface area contributed by atoms with Gasteiger partial charge in [0.25, 0.3) is 0 Å². The van der Waals surface area contributed by atoms with Crippen LogP contribution < -0.4 is 5.32 Å². The Kier molecular flexibility index (Phi) is 2.81. The lowest BCUT2D eigenvalue weighted by molar-refractivity contribution is -0.134. The van der Waals surface area contributed by atoms with Crippen molar-refractivity contribution in [2.24, 2.45) is 0 Å². The van der Waals surface area contributed by atoms with E-state index in [4.69, 9.17) is 9.52 Å². The maximum atomic E-state index is 10.4. The molecule has 2 aromatic rings. The van der Waals surface area contributed by atoms with Gasteiger partial charge in [-0.3, -0.25) is 4.79 Å². The van der Waals surface area contributed by atoms with Crippen LogP contribution in [0.2, 0.25) is 0 Å². The van der Waals surface area contributed by atoms with E-state index in [0.717, 1.165) is 0 Å². The number of nitrogens with zero attached hydrogens (tertiary/aromatic N) is 2. The van der Waals surface area contributed by atoms with Gasteiger partial charge in [-0.25, -0.2) is 9.97 Å². The van der Waals surface area contributed by atoms with Crippen molar-refractivity contribution >= 4 is 11.8 Å². The molecular weight excluding hydrogens is 210 g/mol. The number of carboxylic acids is 1. The van der Waals surface area contributed by atoms with Crippen LogP contribution in [0.5, 0.6) is 0 Å². The predicted octanol–water partition coefficient (Wildman–Crippen LogP) is 1.23. The van der Waals surface area contributed by atoms with Gasteiger partial charge in [-0.1, -0.05) is 0 Å². The van der Waals surface area contributed by atoms with Crippen LogP contribution in [0.25, 0.3) is 11.6 Å². The van der Waals surface area contributed by atoms with Crippen LogP contribution in [0, 0.1) is 0 Å². The van der Waals surface area contributed by atoms with Gasteiger partial charge < -0.3 is 14.8 Å². The van der Waals surface area contributed by atoms with Crippen molar-refractivity contribution in [2.75, 3.05) is 11.9 Å². The van der Waals surface area contributed by atoms with Gasteiger partial charge in [0, 0.05) is 6.20 Å². The van der Waals surface area contributed by atoms with Crippen molar-refractivity contribution in [1.29, 1.82) is 0 Å². The van der Waals surface area contributed by atoms with E-state index in [0.29, 0.717) is 17.4 Å². The van der Waals surface area contributed by atoms with Crippen LogP contribution in [0.15, 0.2) is 35.1 Å². The highest BCUT2D eigenvalue weighted by atomic mass is 16.4. The average Bonchev–Trinajstić information content (AvgIpc) is 2.80. The van der Waals surface area contributed by atoms with Crippen molar-refractivity contribution in [2.45, 2.75) is 0 Å². The molecule has 0 saturated heterocycles. The van der Waals surface area contributed by atoms with Crippen LogP contribution in [0.3, 0.4) is 0 Å². The second kappa shape index (κ2) is 4.43. The predicted molar refractivity (Wildman–Crippen MR) is 55.9 cm³/mol. The molecule has 0 saturated carbocycles. The Hall–Kier alpha value is -2.37. The van der Waals surface area contributed by atoms with E-state index in [-0.39, 0.29) is 6.54 Å². The molecule has 0 unspecified atom stereocenters. The summed E-state index contributed by atoms with van der Waals surface area (Å²) in [5.74, 6) is 0.460. The van der Waals surface area contributed by atoms with Gasteiger partial charge in [0.15, 0.2) is 11.6 Å². The average molecular weight is 219 g/mol. The van der Waals surface area contributed by atoms with Gasteiger partial charge in [0.1, 0.15) is 12.4 Å². The molecule has 6 nitrogen and oxygen atoms in total. The fourth-order valence-electron chi connectivity index (χ4n) is 1.15. The molecule has 0 bridgehead atoms. The van der Waals surface area contributed by atoms with E-state index in [2.05, 4.69) is 15.3 Å². The Labute approximate surface area is 91.0 Å². The van der Waals surface area contributed by atoms with Crippen LogP contribution in [-0.2, 0) is 4.79 Å². The monoisotopic (exact) mass is 219 g/mol. The molecule has 0 spiro atoms. The first-order valence-electron chi connectivity index (χ1n) is 4.58. The van der Waals surface area contributed by atoms with E-state index in [1.807, 2.05) is 0 Å². The minimum Gasteiger partial charge on any atom is -0.480 e. The number of carboxylic acid groups (broad SMARTS) is 1. The zero-order valence-electron chi connectivity index (χ0n) is 8.25. The van der Waals surface area contributed by atoms with Gasteiger partial charge in [-0.15, -0.1) is 0 Å². The fraction of sp³-hybridized carbons (Fsp3) is 0.100. The number of hydrogen-bond acceptors (Lipinski definition) is 5. The highest BCUT2D eigenvalue weighted by Crippen LogP contribution is 2.15. The molecule has 2 N–H and O–H groups in total. The summed E-state index contributed by atoms with van der Waals surface area (Å²) in [6, 6.07) is 5.06. The molecule has 16 heavy (non-hydrogen) atoms. The summed E-state index contributed by atoms with van der Waals surface area (Å²) < 4.78 is 5.13. The van der Waals surface area contributed by atoms with Crippen molar-refractivity contribution < 1.29 is 14.3 Å². The van der Waals surface area contributed by atoms with Crippen LogP contribution in [0.4, 0.5) is 5.82 Å². The minimum atomic E-state index is -0.946. The third-order valence-corrected chi connectivity index (χ3v) is 1.82. The third kappa shape index (κ3) is 2.35. The standard InChI is InChI=1S/C10H9N3O3/c14-9(15)6-12-8-3-4-11-10(13-8)7-2-1-5-16-7/h1-5H,6H2,(H,14,15)(H,11,12,13). The first kappa shape index (κ1) is 10.2.